The van der Waals surface area contributed by atoms with Crippen LogP contribution >= 0.6 is 0 Å². The molecule has 2 unspecified atom stereocenters. The standard InChI is InChI=1S/C24H29N3O5.C8H8F2O.C2H5NO/c1-31-16-21(23(29)25-11-3-4-12-25)26-13-5-6-20(24(26)30)27-15-18(14-22(27)28)17-7-9-19(32-2)10-8-17;1-6-2-4-7(5-3-6)11-8(9)10;1-3-2-4/h5-10,13,18,21H,3-4,11-12,14-16H2,1-2H3;2-5,8H,1H3;2H,1H3,(H,3,4). The number of carbonyl (C=O) groups excluding carboxylic acids is 3. The molecule has 2 aliphatic rings. The zero-order chi connectivity index (χ0) is 34.3. The van der Waals surface area contributed by atoms with Crippen molar-refractivity contribution < 1.29 is 37.4 Å². The van der Waals surface area contributed by atoms with Crippen molar-refractivity contribution in [2.45, 2.75) is 44.8 Å². The van der Waals surface area contributed by atoms with Crippen LogP contribution in [0.5, 0.6) is 11.5 Å². The average molecular weight is 657 g/mol. The predicted molar refractivity (Wildman–Crippen MR) is 173 cm³/mol. The van der Waals surface area contributed by atoms with Crippen molar-refractivity contribution in [3.63, 3.8) is 0 Å². The molecule has 0 spiro atoms. The third kappa shape index (κ3) is 10.4. The molecule has 2 saturated heterocycles. The number of amides is 3. The lowest BCUT2D eigenvalue weighted by Crippen LogP contribution is -2.42. The lowest BCUT2D eigenvalue weighted by atomic mass is 9.98. The Morgan fingerprint density at radius 2 is 1.62 bits per heavy atom. The van der Waals surface area contributed by atoms with E-state index < -0.39 is 12.7 Å². The largest absolute Gasteiger partial charge is 0.497 e. The molecule has 254 valence electrons. The number of pyridine rings is 1. The number of likely N-dealkylation sites (tertiary alicyclic amines) is 1. The Hall–Kier alpha value is -4.78. The molecular weight excluding hydrogens is 614 g/mol. The van der Waals surface area contributed by atoms with E-state index in [1.807, 2.05) is 31.2 Å². The fourth-order valence-corrected chi connectivity index (χ4v) is 5.29. The summed E-state index contributed by atoms with van der Waals surface area (Å²) in [4.78, 5) is 51.7. The third-order valence-electron chi connectivity index (χ3n) is 7.68. The Morgan fingerprint density at radius 1 is 1.00 bits per heavy atom. The minimum Gasteiger partial charge on any atom is -0.497 e. The molecule has 0 saturated carbocycles. The average Bonchev–Trinajstić information content (AvgIpc) is 3.76. The second-order valence-corrected chi connectivity index (χ2v) is 10.9. The minimum atomic E-state index is -2.74. The second kappa shape index (κ2) is 18.4. The number of aryl methyl sites for hydroxylation is 1. The number of benzene rings is 2. The Bertz CT molecular complexity index is 1490. The topological polar surface area (TPSA) is 119 Å². The molecule has 11 nitrogen and oxygen atoms in total. The summed E-state index contributed by atoms with van der Waals surface area (Å²) < 4.78 is 39.2. The number of alkyl halides is 2. The zero-order valence-electron chi connectivity index (χ0n) is 27.1. The molecule has 1 N–H and O–H groups in total. The molecule has 0 radical (unpaired) electrons. The van der Waals surface area contributed by atoms with Crippen LogP contribution in [0.25, 0.3) is 0 Å². The number of nitrogens with zero attached hydrogens (tertiary/aromatic N) is 3. The van der Waals surface area contributed by atoms with E-state index in [0.717, 1.165) is 29.7 Å². The fraction of sp³-hybridized carbons (Fsp3) is 0.412. The number of hydrogen-bond acceptors (Lipinski definition) is 7. The van der Waals surface area contributed by atoms with Crippen molar-refractivity contribution in [1.82, 2.24) is 14.8 Å². The van der Waals surface area contributed by atoms with Gasteiger partial charge in [-0.15, -0.1) is 0 Å². The summed E-state index contributed by atoms with van der Waals surface area (Å²) in [5.74, 6) is 0.725. The van der Waals surface area contributed by atoms with Gasteiger partial charge in [-0.25, -0.2) is 0 Å². The van der Waals surface area contributed by atoms with Gasteiger partial charge in [0.25, 0.3) is 5.56 Å². The molecule has 3 aromatic rings. The molecule has 2 aromatic carbocycles. The van der Waals surface area contributed by atoms with Gasteiger partial charge in [-0.05, 0) is 61.7 Å². The van der Waals surface area contributed by atoms with Gasteiger partial charge in [-0.1, -0.05) is 29.8 Å². The highest BCUT2D eigenvalue weighted by Gasteiger charge is 2.35. The molecule has 13 heteroatoms. The van der Waals surface area contributed by atoms with Crippen LogP contribution in [0.2, 0.25) is 0 Å². The van der Waals surface area contributed by atoms with Gasteiger partial charge in [-0.3, -0.25) is 23.7 Å². The maximum absolute atomic E-state index is 13.4. The van der Waals surface area contributed by atoms with Crippen molar-refractivity contribution in [3.8, 4) is 11.5 Å². The van der Waals surface area contributed by atoms with Crippen LogP contribution in [-0.2, 0) is 19.1 Å². The van der Waals surface area contributed by atoms with Crippen LogP contribution in [0.1, 0.15) is 42.3 Å². The normalized spacial score (nSPS) is 16.1. The number of aromatic nitrogens is 1. The fourth-order valence-electron chi connectivity index (χ4n) is 5.29. The SMILES string of the molecule is CNC=O.COCC(C(=O)N1CCCC1)n1cccc(N2CC(c3ccc(OC)cc3)CC2=O)c1=O.Cc1ccc(OC(F)F)cc1. The van der Waals surface area contributed by atoms with Crippen molar-refractivity contribution in [2.75, 3.05) is 52.4 Å². The molecule has 3 heterocycles. The maximum atomic E-state index is 13.4. The summed E-state index contributed by atoms with van der Waals surface area (Å²) in [5, 5.41) is 2.25. The molecule has 0 aliphatic carbocycles. The summed E-state index contributed by atoms with van der Waals surface area (Å²) in [6, 6.07) is 16.7. The monoisotopic (exact) mass is 656 g/mol. The highest BCUT2D eigenvalue weighted by atomic mass is 19.3. The van der Waals surface area contributed by atoms with Crippen molar-refractivity contribution >= 4 is 23.9 Å². The van der Waals surface area contributed by atoms with E-state index in [2.05, 4.69) is 10.1 Å². The quantitative estimate of drug-likeness (QED) is 0.326. The molecular formula is C34H42F2N4O7. The van der Waals surface area contributed by atoms with Gasteiger partial charge in [0.05, 0.1) is 13.7 Å². The van der Waals surface area contributed by atoms with E-state index >= 15 is 0 Å². The van der Waals surface area contributed by atoms with Crippen LogP contribution in [0.3, 0.4) is 0 Å². The van der Waals surface area contributed by atoms with Crippen LogP contribution in [0.15, 0.2) is 71.7 Å². The number of anilines is 1. The minimum absolute atomic E-state index is 0.0116. The molecule has 2 fully saturated rings. The molecule has 5 rings (SSSR count). The Morgan fingerprint density at radius 3 is 2.17 bits per heavy atom. The Kier molecular flexibility index (Phi) is 14.4. The number of ether oxygens (including phenoxy) is 3. The molecule has 3 amide bonds. The van der Waals surface area contributed by atoms with E-state index in [9.17, 15) is 23.2 Å². The summed E-state index contributed by atoms with van der Waals surface area (Å²) >= 11 is 0. The number of carbonyl (C=O) groups is 3. The summed E-state index contributed by atoms with van der Waals surface area (Å²) in [5.41, 5.74) is 1.99. The van der Waals surface area contributed by atoms with Crippen LogP contribution < -0.4 is 25.2 Å². The first-order valence-corrected chi connectivity index (χ1v) is 15.2. The van der Waals surface area contributed by atoms with Crippen molar-refractivity contribution in [2.24, 2.45) is 0 Å². The summed E-state index contributed by atoms with van der Waals surface area (Å²) in [6.07, 6.45) is 4.49. The Labute approximate surface area is 273 Å². The predicted octanol–water partition coefficient (Wildman–Crippen LogP) is 4.15. The molecule has 2 aliphatic heterocycles. The number of nitrogens with one attached hydrogen (secondary N) is 1. The van der Waals surface area contributed by atoms with Gasteiger partial charge in [0, 0.05) is 52.3 Å². The Balaban J connectivity index is 0.000000332. The van der Waals surface area contributed by atoms with E-state index in [0.29, 0.717) is 38.2 Å². The number of methoxy groups -OCH3 is 2. The van der Waals surface area contributed by atoms with E-state index in [1.54, 1.807) is 49.5 Å². The van der Waals surface area contributed by atoms with Crippen LogP contribution in [0, 0.1) is 6.92 Å². The van der Waals surface area contributed by atoms with E-state index in [1.165, 1.54) is 28.7 Å². The maximum Gasteiger partial charge on any atom is 0.387 e. The van der Waals surface area contributed by atoms with Crippen LogP contribution in [-0.4, -0.2) is 81.8 Å². The summed E-state index contributed by atoms with van der Waals surface area (Å²) in [7, 11) is 4.69. The first-order valence-electron chi connectivity index (χ1n) is 15.2. The van der Waals surface area contributed by atoms with Crippen molar-refractivity contribution in [3.05, 3.63) is 88.3 Å². The molecule has 2 atom stereocenters. The third-order valence-corrected chi connectivity index (χ3v) is 7.68. The first-order chi connectivity index (χ1) is 22.6. The number of hydrogen-bond donors (Lipinski definition) is 1. The van der Waals surface area contributed by atoms with Gasteiger partial charge >= 0.3 is 6.61 Å². The lowest BCUT2D eigenvalue weighted by molar-refractivity contribution is -0.135. The van der Waals surface area contributed by atoms with Crippen molar-refractivity contribution in [1.29, 1.82) is 0 Å². The van der Waals surface area contributed by atoms with Gasteiger partial charge in [-0.2, -0.15) is 8.78 Å². The lowest BCUT2D eigenvalue weighted by Gasteiger charge is -2.25. The smallest absolute Gasteiger partial charge is 0.387 e. The summed E-state index contributed by atoms with van der Waals surface area (Å²) in [6.45, 7) is 1.05. The highest BCUT2D eigenvalue weighted by molar-refractivity contribution is 5.96. The molecule has 1 aromatic heterocycles. The molecule has 0 bridgehead atoms. The zero-order valence-corrected chi connectivity index (χ0v) is 27.1. The molecule has 47 heavy (non-hydrogen) atoms. The van der Waals surface area contributed by atoms with Gasteiger partial charge in [0.2, 0.25) is 18.2 Å². The van der Waals surface area contributed by atoms with E-state index in [4.69, 9.17) is 14.3 Å². The number of rotatable bonds is 10. The van der Waals surface area contributed by atoms with Gasteiger partial charge in [0.15, 0.2) is 0 Å². The van der Waals surface area contributed by atoms with E-state index in [-0.39, 0.29) is 35.6 Å². The second-order valence-electron chi connectivity index (χ2n) is 10.9. The number of halogens is 2. The van der Waals surface area contributed by atoms with Gasteiger partial charge in [0.1, 0.15) is 23.2 Å². The van der Waals surface area contributed by atoms with Crippen LogP contribution in [0.4, 0.5) is 14.5 Å². The first kappa shape index (κ1) is 36.7. The highest BCUT2D eigenvalue weighted by Crippen LogP contribution is 2.31. The van der Waals surface area contributed by atoms with Gasteiger partial charge < -0.3 is 29.3 Å².